The number of phenolic OH excluding ortho intramolecular Hbond substituents is 1. The van der Waals surface area contributed by atoms with Crippen LogP contribution in [0.3, 0.4) is 0 Å². The van der Waals surface area contributed by atoms with Crippen LogP contribution in [0, 0.1) is 0 Å². The lowest BCUT2D eigenvalue weighted by molar-refractivity contribution is 0.102. The standard InChI is InChI=1S/C27H20Cl4N4O3/c28-18-8-4-14(10-21(18)31)13-32-27(38)35-23(15-5-6-15)12-22(34-35)17-11-16(7-9-24(17)36)33-26(37)25-19(29)2-1-3-20(25)30/h1-4,7-12,15,36H,5-6,13H2,(H,32,38)(H,33,37). The van der Waals surface area contributed by atoms with Gasteiger partial charge in [-0.05, 0) is 66.9 Å². The van der Waals surface area contributed by atoms with Crippen molar-refractivity contribution in [1.82, 2.24) is 15.1 Å². The first-order chi connectivity index (χ1) is 18.2. The van der Waals surface area contributed by atoms with Gasteiger partial charge in [-0.1, -0.05) is 58.5 Å². The Morgan fingerprint density at radius 1 is 0.921 bits per heavy atom. The lowest BCUT2D eigenvalue weighted by atomic mass is 10.1. The van der Waals surface area contributed by atoms with E-state index >= 15 is 0 Å². The number of benzene rings is 3. The summed E-state index contributed by atoms with van der Waals surface area (Å²) in [5.41, 5.74) is 2.80. The third-order valence-corrected chi connectivity index (χ3v) is 7.44. The van der Waals surface area contributed by atoms with Crippen LogP contribution in [0.25, 0.3) is 11.3 Å². The van der Waals surface area contributed by atoms with E-state index < -0.39 is 11.9 Å². The number of aromatic hydroxyl groups is 1. The molecule has 0 spiro atoms. The van der Waals surface area contributed by atoms with Crippen LogP contribution in [-0.2, 0) is 6.54 Å². The number of nitrogens with one attached hydrogen (secondary N) is 2. The summed E-state index contributed by atoms with van der Waals surface area (Å²) >= 11 is 24.4. The van der Waals surface area contributed by atoms with Crippen LogP contribution >= 0.6 is 46.4 Å². The summed E-state index contributed by atoms with van der Waals surface area (Å²) in [6.07, 6.45) is 1.87. The minimum absolute atomic E-state index is 0.0537. The van der Waals surface area contributed by atoms with Crippen molar-refractivity contribution >= 4 is 64.0 Å². The van der Waals surface area contributed by atoms with Crippen LogP contribution in [0.5, 0.6) is 5.75 Å². The number of halogens is 4. The number of amides is 2. The quantitative estimate of drug-likeness (QED) is 0.200. The number of hydrogen-bond acceptors (Lipinski definition) is 4. The molecule has 3 N–H and O–H groups in total. The van der Waals surface area contributed by atoms with Crippen molar-refractivity contribution in [3.05, 3.63) is 97.6 Å². The molecule has 0 atom stereocenters. The number of carbonyl (C=O) groups is 2. The predicted molar refractivity (Wildman–Crippen MR) is 150 cm³/mol. The maximum Gasteiger partial charge on any atom is 0.342 e. The largest absolute Gasteiger partial charge is 0.507 e. The topological polar surface area (TPSA) is 96.2 Å². The average molecular weight is 590 g/mol. The minimum Gasteiger partial charge on any atom is -0.507 e. The zero-order valence-corrected chi connectivity index (χ0v) is 22.7. The van der Waals surface area contributed by atoms with Crippen molar-refractivity contribution < 1.29 is 14.7 Å². The fourth-order valence-corrected chi connectivity index (χ4v) is 4.88. The number of phenols is 1. The van der Waals surface area contributed by atoms with E-state index in [1.807, 2.05) is 0 Å². The molecule has 4 aromatic rings. The fourth-order valence-electron chi connectivity index (χ4n) is 3.99. The first-order valence-electron chi connectivity index (χ1n) is 11.6. The Morgan fingerprint density at radius 2 is 1.66 bits per heavy atom. The Bertz CT molecular complexity index is 1550. The van der Waals surface area contributed by atoms with Gasteiger partial charge >= 0.3 is 6.03 Å². The molecule has 1 saturated carbocycles. The SMILES string of the molecule is O=C(Nc1ccc(O)c(-c2cc(C3CC3)n(C(=O)NCc3ccc(Cl)c(Cl)c3)n2)c1)c1c(Cl)cccc1Cl. The lowest BCUT2D eigenvalue weighted by Crippen LogP contribution is -2.30. The van der Waals surface area contributed by atoms with Gasteiger partial charge in [0, 0.05) is 23.7 Å². The number of rotatable bonds is 6. The number of carbonyl (C=O) groups excluding carboxylic acids is 2. The highest BCUT2D eigenvalue weighted by Crippen LogP contribution is 2.42. The van der Waals surface area contributed by atoms with Crippen molar-refractivity contribution in [2.75, 3.05) is 5.32 Å². The molecule has 0 aliphatic heterocycles. The number of aromatic nitrogens is 2. The van der Waals surface area contributed by atoms with Crippen LogP contribution in [0.4, 0.5) is 10.5 Å². The lowest BCUT2D eigenvalue weighted by Gasteiger charge is -2.10. The van der Waals surface area contributed by atoms with E-state index in [0.29, 0.717) is 27.0 Å². The Morgan fingerprint density at radius 3 is 2.34 bits per heavy atom. The molecule has 2 amide bonds. The molecule has 1 aliphatic carbocycles. The van der Waals surface area contributed by atoms with Crippen molar-refractivity contribution in [3.63, 3.8) is 0 Å². The van der Waals surface area contributed by atoms with E-state index in [9.17, 15) is 14.7 Å². The molecule has 11 heteroatoms. The summed E-state index contributed by atoms with van der Waals surface area (Å²) in [6, 6.07) is 15.9. The first-order valence-corrected chi connectivity index (χ1v) is 13.1. The molecule has 1 aromatic heterocycles. The second kappa shape index (κ2) is 10.9. The van der Waals surface area contributed by atoms with E-state index in [4.69, 9.17) is 46.4 Å². The van der Waals surface area contributed by atoms with Crippen LogP contribution in [0.15, 0.2) is 60.7 Å². The molecule has 0 radical (unpaired) electrons. The van der Waals surface area contributed by atoms with Crippen LogP contribution < -0.4 is 10.6 Å². The normalized spacial score (nSPS) is 12.8. The van der Waals surface area contributed by atoms with Gasteiger partial charge in [0.2, 0.25) is 0 Å². The molecule has 0 unspecified atom stereocenters. The zero-order chi connectivity index (χ0) is 27.0. The summed E-state index contributed by atoms with van der Waals surface area (Å²) in [7, 11) is 0. The summed E-state index contributed by atoms with van der Waals surface area (Å²) in [5, 5.41) is 22.0. The Hall–Kier alpha value is -3.23. The molecule has 0 saturated heterocycles. The van der Waals surface area contributed by atoms with E-state index in [1.54, 1.807) is 54.6 Å². The van der Waals surface area contributed by atoms with Crippen molar-refractivity contribution in [3.8, 4) is 17.0 Å². The second-order valence-electron chi connectivity index (χ2n) is 8.83. The molecule has 194 valence electrons. The molecule has 1 heterocycles. The highest BCUT2D eigenvalue weighted by molar-refractivity contribution is 6.42. The molecule has 0 bridgehead atoms. The van der Waals surface area contributed by atoms with Crippen LogP contribution in [0.2, 0.25) is 20.1 Å². The second-order valence-corrected chi connectivity index (χ2v) is 10.5. The van der Waals surface area contributed by atoms with Crippen molar-refractivity contribution in [1.29, 1.82) is 0 Å². The number of nitrogens with zero attached hydrogens (tertiary/aromatic N) is 2. The van der Waals surface area contributed by atoms with Crippen LogP contribution in [0.1, 0.15) is 40.4 Å². The third kappa shape index (κ3) is 5.61. The van der Waals surface area contributed by atoms with Gasteiger partial charge in [-0.25, -0.2) is 4.79 Å². The smallest absolute Gasteiger partial charge is 0.342 e. The van der Waals surface area contributed by atoms with Crippen LogP contribution in [-0.4, -0.2) is 26.8 Å². The van der Waals surface area contributed by atoms with Gasteiger partial charge in [0.05, 0.1) is 37.0 Å². The van der Waals surface area contributed by atoms with Crippen molar-refractivity contribution in [2.45, 2.75) is 25.3 Å². The van der Waals surface area contributed by atoms with Gasteiger partial charge in [0.15, 0.2) is 0 Å². The molecule has 7 nitrogen and oxygen atoms in total. The van der Waals surface area contributed by atoms with E-state index in [-0.39, 0.29) is 33.8 Å². The molecular formula is C27H20Cl4N4O3. The van der Waals surface area contributed by atoms with Gasteiger partial charge in [-0.15, -0.1) is 0 Å². The fraction of sp³-hybridized carbons (Fsp3) is 0.148. The van der Waals surface area contributed by atoms with E-state index in [1.165, 1.54) is 10.7 Å². The summed E-state index contributed by atoms with van der Waals surface area (Å²) < 4.78 is 1.32. The van der Waals surface area contributed by atoms with Gasteiger partial charge < -0.3 is 15.7 Å². The maximum atomic E-state index is 13.1. The first kappa shape index (κ1) is 26.4. The highest BCUT2D eigenvalue weighted by atomic mass is 35.5. The molecule has 1 fully saturated rings. The zero-order valence-electron chi connectivity index (χ0n) is 19.6. The number of hydrogen-bond donors (Lipinski definition) is 3. The maximum absolute atomic E-state index is 13.1. The summed E-state index contributed by atoms with van der Waals surface area (Å²) in [5.74, 6) is -0.357. The Labute approximate surface area is 238 Å². The van der Waals surface area contributed by atoms with Gasteiger partial charge in [-0.2, -0.15) is 9.78 Å². The molecule has 5 rings (SSSR count). The Balaban J connectivity index is 1.39. The average Bonchev–Trinajstić information content (AvgIpc) is 3.63. The molecule has 38 heavy (non-hydrogen) atoms. The van der Waals surface area contributed by atoms with Gasteiger partial charge in [-0.3, -0.25) is 4.79 Å². The van der Waals surface area contributed by atoms with Gasteiger partial charge in [0.1, 0.15) is 5.75 Å². The summed E-state index contributed by atoms with van der Waals surface area (Å²) in [6.45, 7) is 0.229. The monoisotopic (exact) mass is 588 g/mol. The van der Waals surface area contributed by atoms with Gasteiger partial charge in [0.25, 0.3) is 5.91 Å². The summed E-state index contributed by atoms with van der Waals surface area (Å²) in [4.78, 5) is 25.9. The van der Waals surface area contributed by atoms with E-state index in [0.717, 1.165) is 24.1 Å². The third-order valence-electron chi connectivity index (χ3n) is 6.07. The van der Waals surface area contributed by atoms with Crippen molar-refractivity contribution in [2.24, 2.45) is 0 Å². The molecular weight excluding hydrogens is 570 g/mol. The molecule has 3 aromatic carbocycles. The highest BCUT2D eigenvalue weighted by Gasteiger charge is 2.31. The van der Waals surface area contributed by atoms with E-state index in [2.05, 4.69) is 15.7 Å². The number of anilines is 1. The Kier molecular flexibility index (Phi) is 7.54. The minimum atomic E-state index is -0.497. The molecule has 1 aliphatic rings. The predicted octanol–water partition coefficient (Wildman–Crippen LogP) is 7.76.